The lowest BCUT2D eigenvalue weighted by Gasteiger charge is -2.14. The highest BCUT2D eigenvalue weighted by Crippen LogP contribution is 2.28. The minimum atomic E-state index is 0.681. The highest BCUT2D eigenvalue weighted by Gasteiger charge is 2.06. The molecule has 0 radical (unpaired) electrons. The van der Waals surface area contributed by atoms with Gasteiger partial charge in [0.25, 0.3) is 0 Å². The average molecular weight is 321 g/mol. The van der Waals surface area contributed by atoms with Crippen LogP contribution in [-0.4, -0.2) is 33.3 Å². The minimum Gasteiger partial charge on any atom is -0.493 e. The summed E-state index contributed by atoms with van der Waals surface area (Å²) in [5.41, 5.74) is 1.12. The first-order valence-electron chi connectivity index (χ1n) is 8.34. The Hall–Kier alpha value is -1.91. The Bertz CT molecular complexity index is 487. The normalized spacial score (nSPS) is 11.5. The predicted octanol–water partition coefficient (Wildman–Crippen LogP) is 3.20. The third kappa shape index (κ3) is 7.26. The zero-order valence-electron chi connectivity index (χ0n) is 15.1. The Morgan fingerprint density at radius 1 is 1.22 bits per heavy atom. The van der Waals surface area contributed by atoms with Gasteiger partial charge in [-0.1, -0.05) is 26.8 Å². The van der Waals surface area contributed by atoms with Crippen LogP contribution >= 0.6 is 0 Å². The number of rotatable bonds is 9. The van der Waals surface area contributed by atoms with Gasteiger partial charge in [0, 0.05) is 20.1 Å². The SMILES string of the molecule is CCCOc1ccc(CNC(=NC)NCCC(C)C)cc1OC. The van der Waals surface area contributed by atoms with Gasteiger partial charge >= 0.3 is 0 Å². The Morgan fingerprint density at radius 3 is 2.61 bits per heavy atom. The monoisotopic (exact) mass is 321 g/mol. The van der Waals surface area contributed by atoms with Crippen LogP contribution in [0, 0.1) is 5.92 Å². The highest BCUT2D eigenvalue weighted by molar-refractivity contribution is 5.79. The molecule has 5 heteroatoms. The highest BCUT2D eigenvalue weighted by atomic mass is 16.5. The molecule has 1 rings (SSSR count). The van der Waals surface area contributed by atoms with Crippen molar-refractivity contribution < 1.29 is 9.47 Å². The van der Waals surface area contributed by atoms with E-state index in [1.54, 1.807) is 14.2 Å². The molecule has 0 bridgehead atoms. The van der Waals surface area contributed by atoms with Crippen molar-refractivity contribution in [2.24, 2.45) is 10.9 Å². The lowest BCUT2D eigenvalue weighted by molar-refractivity contribution is 0.294. The van der Waals surface area contributed by atoms with Crippen molar-refractivity contribution in [2.45, 2.75) is 40.2 Å². The van der Waals surface area contributed by atoms with Crippen molar-refractivity contribution in [1.29, 1.82) is 0 Å². The first kappa shape index (κ1) is 19.1. The second-order valence-corrected chi connectivity index (χ2v) is 5.87. The van der Waals surface area contributed by atoms with Crippen LogP contribution in [0.3, 0.4) is 0 Å². The molecule has 0 saturated carbocycles. The standard InChI is InChI=1S/C18H31N3O2/c1-6-11-23-16-8-7-15(12-17(16)22-5)13-21-18(19-4)20-10-9-14(2)3/h7-8,12,14H,6,9-11,13H2,1-5H3,(H2,19,20,21). The second-order valence-electron chi connectivity index (χ2n) is 5.87. The fraction of sp³-hybridized carbons (Fsp3) is 0.611. The van der Waals surface area contributed by atoms with E-state index in [2.05, 4.69) is 36.4 Å². The minimum absolute atomic E-state index is 0.681. The number of aliphatic imine (C=N–C) groups is 1. The second kappa shape index (κ2) is 10.8. The lowest BCUT2D eigenvalue weighted by atomic mass is 10.1. The fourth-order valence-corrected chi connectivity index (χ4v) is 2.04. The van der Waals surface area contributed by atoms with Crippen molar-refractivity contribution >= 4 is 5.96 Å². The molecule has 0 fully saturated rings. The molecular weight excluding hydrogens is 290 g/mol. The van der Waals surface area contributed by atoms with Crippen LogP contribution in [0.1, 0.15) is 39.2 Å². The molecule has 0 amide bonds. The van der Waals surface area contributed by atoms with Crippen LogP contribution < -0.4 is 20.1 Å². The molecule has 23 heavy (non-hydrogen) atoms. The number of benzene rings is 1. The fourth-order valence-electron chi connectivity index (χ4n) is 2.04. The van der Waals surface area contributed by atoms with Crippen LogP contribution in [0.5, 0.6) is 11.5 Å². The molecule has 0 aromatic heterocycles. The number of hydrogen-bond acceptors (Lipinski definition) is 3. The molecule has 1 aromatic carbocycles. The summed E-state index contributed by atoms with van der Waals surface area (Å²) in [7, 11) is 3.45. The first-order valence-corrected chi connectivity index (χ1v) is 8.34. The topological polar surface area (TPSA) is 54.9 Å². The molecular formula is C18H31N3O2. The maximum atomic E-state index is 5.67. The molecule has 5 nitrogen and oxygen atoms in total. The van der Waals surface area contributed by atoms with E-state index in [0.717, 1.165) is 42.4 Å². The zero-order chi connectivity index (χ0) is 17.1. The summed E-state index contributed by atoms with van der Waals surface area (Å²) in [6.07, 6.45) is 2.10. The van der Waals surface area contributed by atoms with Gasteiger partial charge < -0.3 is 20.1 Å². The largest absolute Gasteiger partial charge is 0.493 e. The van der Waals surface area contributed by atoms with Crippen LogP contribution in [0.25, 0.3) is 0 Å². The Morgan fingerprint density at radius 2 is 2.00 bits per heavy atom. The summed E-state index contributed by atoms with van der Waals surface area (Å²) in [4.78, 5) is 4.24. The van der Waals surface area contributed by atoms with Gasteiger partial charge in [0.1, 0.15) is 0 Å². The van der Waals surface area contributed by atoms with Crippen molar-refractivity contribution in [3.05, 3.63) is 23.8 Å². The molecule has 0 aliphatic rings. The molecule has 2 N–H and O–H groups in total. The van der Waals surface area contributed by atoms with E-state index in [-0.39, 0.29) is 0 Å². The molecule has 0 aliphatic carbocycles. The molecule has 0 unspecified atom stereocenters. The third-order valence-electron chi connectivity index (χ3n) is 3.39. The van der Waals surface area contributed by atoms with E-state index < -0.39 is 0 Å². The maximum absolute atomic E-state index is 5.67. The number of ether oxygens (including phenoxy) is 2. The van der Waals surface area contributed by atoms with Crippen LogP contribution in [0.2, 0.25) is 0 Å². The summed E-state index contributed by atoms with van der Waals surface area (Å²) >= 11 is 0. The van der Waals surface area contributed by atoms with Gasteiger partial charge in [0.2, 0.25) is 0 Å². The van der Waals surface area contributed by atoms with E-state index in [1.807, 2.05) is 18.2 Å². The number of guanidine groups is 1. The van der Waals surface area contributed by atoms with E-state index in [9.17, 15) is 0 Å². The molecule has 0 heterocycles. The first-order chi connectivity index (χ1) is 11.1. The lowest BCUT2D eigenvalue weighted by Crippen LogP contribution is -2.37. The quantitative estimate of drug-likeness (QED) is 0.542. The molecule has 0 atom stereocenters. The Kier molecular flexibility index (Phi) is 8.95. The van der Waals surface area contributed by atoms with Crippen molar-refractivity contribution in [2.75, 3.05) is 27.3 Å². The summed E-state index contributed by atoms with van der Waals surface area (Å²) in [6.45, 7) is 8.82. The zero-order valence-corrected chi connectivity index (χ0v) is 15.1. The molecule has 0 aliphatic heterocycles. The van der Waals surface area contributed by atoms with Gasteiger partial charge in [-0.2, -0.15) is 0 Å². The van der Waals surface area contributed by atoms with Gasteiger partial charge in [-0.25, -0.2) is 0 Å². The summed E-state index contributed by atoms with van der Waals surface area (Å²) < 4.78 is 11.1. The molecule has 130 valence electrons. The Labute approximate surface area is 140 Å². The Balaban J connectivity index is 2.55. The van der Waals surface area contributed by atoms with Gasteiger partial charge in [0.05, 0.1) is 13.7 Å². The van der Waals surface area contributed by atoms with Gasteiger partial charge in [0.15, 0.2) is 17.5 Å². The van der Waals surface area contributed by atoms with Gasteiger partial charge in [-0.05, 0) is 36.5 Å². The summed E-state index contributed by atoms with van der Waals surface area (Å²) in [5.74, 6) is 3.05. The van der Waals surface area contributed by atoms with Crippen LogP contribution in [0.4, 0.5) is 0 Å². The molecule has 0 saturated heterocycles. The van der Waals surface area contributed by atoms with E-state index in [4.69, 9.17) is 9.47 Å². The molecule has 0 spiro atoms. The average Bonchev–Trinajstić information content (AvgIpc) is 2.56. The van der Waals surface area contributed by atoms with E-state index >= 15 is 0 Å². The summed E-state index contributed by atoms with van der Waals surface area (Å²) in [5, 5.41) is 6.64. The van der Waals surface area contributed by atoms with Crippen molar-refractivity contribution in [1.82, 2.24) is 10.6 Å². The maximum Gasteiger partial charge on any atom is 0.191 e. The summed E-state index contributed by atoms with van der Waals surface area (Å²) in [6, 6.07) is 6.00. The van der Waals surface area contributed by atoms with Gasteiger partial charge in [-0.3, -0.25) is 4.99 Å². The van der Waals surface area contributed by atoms with Crippen molar-refractivity contribution in [3.63, 3.8) is 0 Å². The third-order valence-corrected chi connectivity index (χ3v) is 3.39. The number of nitrogens with zero attached hydrogens (tertiary/aromatic N) is 1. The molecule has 1 aromatic rings. The van der Waals surface area contributed by atoms with Crippen molar-refractivity contribution in [3.8, 4) is 11.5 Å². The van der Waals surface area contributed by atoms with Crippen LogP contribution in [0.15, 0.2) is 23.2 Å². The predicted molar refractivity (Wildman–Crippen MR) is 96.4 cm³/mol. The van der Waals surface area contributed by atoms with Gasteiger partial charge in [-0.15, -0.1) is 0 Å². The number of nitrogens with one attached hydrogen (secondary N) is 2. The van der Waals surface area contributed by atoms with E-state index in [0.29, 0.717) is 19.1 Å². The number of hydrogen-bond donors (Lipinski definition) is 2. The number of methoxy groups -OCH3 is 1. The smallest absolute Gasteiger partial charge is 0.191 e. The van der Waals surface area contributed by atoms with E-state index in [1.165, 1.54) is 0 Å². The van der Waals surface area contributed by atoms with Crippen LogP contribution in [-0.2, 0) is 6.54 Å².